The van der Waals surface area contributed by atoms with Gasteiger partial charge in [-0.15, -0.1) is 0 Å². The van der Waals surface area contributed by atoms with Gasteiger partial charge in [0.15, 0.2) is 0 Å². The lowest BCUT2D eigenvalue weighted by Crippen LogP contribution is -2.36. The molecule has 1 aromatic heterocycles. The zero-order valence-corrected chi connectivity index (χ0v) is 17.4. The van der Waals surface area contributed by atoms with E-state index in [-0.39, 0.29) is 10.8 Å². The zero-order chi connectivity index (χ0) is 19.5. The Morgan fingerprint density at radius 1 is 1.15 bits per heavy atom. The third-order valence-electron chi connectivity index (χ3n) is 5.62. The highest BCUT2D eigenvalue weighted by Crippen LogP contribution is 2.43. The van der Waals surface area contributed by atoms with Gasteiger partial charge in [0.05, 0.1) is 25.5 Å². The van der Waals surface area contributed by atoms with Gasteiger partial charge in [-0.05, 0) is 17.5 Å². The quantitative estimate of drug-likeness (QED) is 0.671. The molecule has 0 saturated heterocycles. The monoisotopic (exact) mass is 376 g/mol. The molecule has 5 nitrogen and oxygen atoms in total. The molecule has 1 N–H and O–H groups in total. The zero-order valence-electron chi connectivity index (χ0n) is 16.6. The number of nitrogens with zero attached hydrogens (tertiary/aromatic N) is 1. The first-order valence-electron chi connectivity index (χ1n) is 8.67. The molecule has 1 aromatic carbocycles. The molecule has 0 saturated carbocycles. The maximum atomic E-state index is 5.55. The first-order valence-corrected chi connectivity index (χ1v) is 9.08. The molecule has 0 radical (unpaired) electrons. The molecule has 6 heteroatoms. The Bertz CT molecular complexity index is 759. The maximum Gasteiger partial charge on any atom is 0.229 e. The van der Waals surface area contributed by atoms with Crippen molar-refractivity contribution in [2.75, 3.05) is 19.5 Å². The smallest absolute Gasteiger partial charge is 0.229 e. The molecule has 0 aliphatic rings. The van der Waals surface area contributed by atoms with E-state index in [1.54, 1.807) is 14.2 Å². The van der Waals surface area contributed by atoms with Crippen molar-refractivity contribution in [3.8, 4) is 11.5 Å². The molecule has 0 spiro atoms. The van der Waals surface area contributed by atoms with E-state index in [0.29, 0.717) is 27.9 Å². The Morgan fingerprint density at radius 3 is 2.23 bits per heavy atom. The summed E-state index contributed by atoms with van der Waals surface area (Å²) >= 11 is 5.55. The number of thiocarbonyl (C=S) groups is 1. The van der Waals surface area contributed by atoms with Crippen molar-refractivity contribution >= 4 is 23.1 Å². The summed E-state index contributed by atoms with van der Waals surface area (Å²) < 4.78 is 16.3. The molecule has 0 atom stereocenters. The van der Waals surface area contributed by atoms with Crippen molar-refractivity contribution in [1.82, 2.24) is 5.16 Å². The van der Waals surface area contributed by atoms with E-state index in [9.17, 15) is 0 Å². The van der Waals surface area contributed by atoms with Crippen LogP contribution in [0.3, 0.4) is 0 Å². The van der Waals surface area contributed by atoms with E-state index in [0.717, 1.165) is 12.1 Å². The lowest BCUT2D eigenvalue weighted by molar-refractivity contribution is 0.178. The maximum absolute atomic E-state index is 5.55. The van der Waals surface area contributed by atoms with Crippen LogP contribution in [-0.2, 0) is 5.41 Å². The summed E-state index contributed by atoms with van der Waals surface area (Å²) in [5.41, 5.74) is 1.50. The van der Waals surface area contributed by atoms with Crippen LogP contribution in [0.4, 0.5) is 5.88 Å². The van der Waals surface area contributed by atoms with E-state index >= 15 is 0 Å². The number of rotatable bonds is 7. The second kappa shape index (κ2) is 7.66. The largest absolute Gasteiger partial charge is 0.496 e. The third kappa shape index (κ3) is 3.70. The molecule has 26 heavy (non-hydrogen) atoms. The normalized spacial score (nSPS) is 12.0. The summed E-state index contributed by atoms with van der Waals surface area (Å²) in [6, 6.07) is 7.44. The highest BCUT2D eigenvalue weighted by Gasteiger charge is 2.39. The summed E-state index contributed by atoms with van der Waals surface area (Å²) in [4.78, 5) is 0.453. The highest BCUT2D eigenvalue weighted by molar-refractivity contribution is 7.81. The summed E-state index contributed by atoms with van der Waals surface area (Å²) in [6.07, 6.45) is 1.03. The summed E-state index contributed by atoms with van der Waals surface area (Å²) in [6.45, 7) is 11.0. The van der Waals surface area contributed by atoms with E-state index in [4.69, 9.17) is 26.2 Å². The van der Waals surface area contributed by atoms with E-state index < -0.39 is 0 Å². The first-order chi connectivity index (χ1) is 12.2. The Kier molecular flexibility index (Phi) is 5.96. The van der Waals surface area contributed by atoms with Crippen LogP contribution in [0.15, 0.2) is 28.8 Å². The molecule has 0 bridgehead atoms. The minimum Gasteiger partial charge on any atom is -0.496 e. The molecule has 0 fully saturated rings. The van der Waals surface area contributed by atoms with E-state index in [1.165, 1.54) is 0 Å². The summed E-state index contributed by atoms with van der Waals surface area (Å²) in [5, 5.41) is 7.39. The number of methoxy groups -OCH3 is 2. The van der Waals surface area contributed by atoms with Crippen molar-refractivity contribution in [3.63, 3.8) is 0 Å². The van der Waals surface area contributed by atoms with Gasteiger partial charge in [-0.3, -0.25) is 0 Å². The number of nitrogens with one attached hydrogen (secondary N) is 1. The van der Waals surface area contributed by atoms with Crippen LogP contribution < -0.4 is 14.8 Å². The van der Waals surface area contributed by atoms with Crippen molar-refractivity contribution in [3.05, 3.63) is 35.5 Å². The molecule has 0 amide bonds. The number of hydrogen-bond donors (Lipinski definition) is 1. The molecular weight excluding hydrogens is 348 g/mol. The predicted octanol–water partition coefficient (Wildman–Crippen LogP) is 5.19. The van der Waals surface area contributed by atoms with Crippen molar-refractivity contribution in [1.29, 1.82) is 0 Å². The second-order valence-electron chi connectivity index (χ2n) is 7.43. The standard InChI is InChI=1S/C20H28N2O3S/c1-8-19(2,3)20(4,5)15-12-16(25-22-15)21-18(26)17-13(23-6)10-9-11-14(17)24-7/h9-12H,8H2,1-7H3,(H,21,26). The average molecular weight is 377 g/mol. The Balaban J connectivity index is 2.29. The van der Waals surface area contributed by atoms with Gasteiger partial charge in [0, 0.05) is 11.5 Å². The number of anilines is 1. The SMILES string of the molecule is CCC(C)(C)C(C)(C)c1cc(NC(=S)c2c(OC)cccc2OC)on1. The van der Waals surface area contributed by atoms with Crippen molar-refractivity contribution in [2.45, 2.75) is 46.5 Å². The molecular formula is C20H28N2O3S. The fourth-order valence-corrected chi connectivity index (χ4v) is 2.97. The van der Waals surface area contributed by atoms with Crippen LogP contribution in [0.25, 0.3) is 0 Å². The molecule has 0 aliphatic heterocycles. The van der Waals surface area contributed by atoms with Gasteiger partial charge in [-0.2, -0.15) is 0 Å². The van der Waals surface area contributed by atoms with Crippen LogP contribution in [0.5, 0.6) is 11.5 Å². The van der Waals surface area contributed by atoms with Gasteiger partial charge in [0.25, 0.3) is 0 Å². The third-order valence-corrected chi connectivity index (χ3v) is 5.92. The number of hydrogen-bond acceptors (Lipinski definition) is 5. The molecule has 0 unspecified atom stereocenters. The van der Waals surface area contributed by atoms with Gasteiger partial charge in [-0.1, -0.05) is 64.5 Å². The van der Waals surface area contributed by atoms with E-state index in [2.05, 4.69) is 45.1 Å². The van der Waals surface area contributed by atoms with Crippen LogP contribution in [0.1, 0.15) is 52.3 Å². The van der Waals surface area contributed by atoms with Gasteiger partial charge >= 0.3 is 0 Å². The highest BCUT2D eigenvalue weighted by atomic mass is 32.1. The van der Waals surface area contributed by atoms with Crippen LogP contribution in [-0.4, -0.2) is 24.4 Å². The Hall–Kier alpha value is -2.08. The average Bonchev–Trinajstić information content (AvgIpc) is 3.09. The van der Waals surface area contributed by atoms with Gasteiger partial charge < -0.3 is 19.3 Å². The Labute approximate surface area is 161 Å². The molecule has 142 valence electrons. The second-order valence-corrected chi connectivity index (χ2v) is 7.84. The van der Waals surface area contributed by atoms with Crippen molar-refractivity contribution < 1.29 is 14.0 Å². The molecule has 0 aliphatic carbocycles. The molecule has 1 heterocycles. The fraction of sp³-hybridized carbons (Fsp3) is 0.500. The fourth-order valence-electron chi connectivity index (χ4n) is 2.67. The lowest BCUT2D eigenvalue weighted by atomic mass is 9.65. The van der Waals surface area contributed by atoms with Crippen molar-refractivity contribution in [2.24, 2.45) is 5.41 Å². The Morgan fingerprint density at radius 2 is 1.73 bits per heavy atom. The summed E-state index contributed by atoms with van der Waals surface area (Å²) in [5.74, 6) is 1.76. The molecule has 2 rings (SSSR count). The number of ether oxygens (including phenoxy) is 2. The van der Waals surface area contributed by atoms with Crippen LogP contribution >= 0.6 is 12.2 Å². The lowest BCUT2D eigenvalue weighted by Gasteiger charge is -2.39. The minimum atomic E-state index is -0.144. The van der Waals surface area contributed by atoms with E-state index in [1.807, 2.05) is 24.3 Å². The van der Waals surface area contributed by atoms with Crippen LogP contribution in [0, 0.1) is 5.41 Å². The first kappa shape index (κ1) is 20.2. The number of benzene rings is 1. The van der Waals surface area contributed by atoms with Gasteiger partial charge in [0.2, 0.25) is 5.88 Å². The number of aromatic nitrogens is 1. The molecule has 2 aromatic rings. The minimum absolute atomic E-state index is 0.0769. The predicted molar refractivity (Wildman–Crippen MR) is 108 cm³/mol. The van der Waals surface area contributed by atoms with Crippen LogP contribution in [0.2, 0.25) is 0 Å². The van der Waals surface area contributed by atoms with Gasteiger partial charge in [-0.25, -0.2) is 0 Å². The topological polar surface area (TPSA) is 56.5 Å². The van der Waals surface area contributed by atoms with Gasteiger partial charge in [0.1, 0.15) is 16.5 Å². The summed E-state index contributed by atoms with van der Waals surface area (Å²) in [7, 11) is 3.20.